The molecule has 8 heteroatoms. The molecule has 1 aromatic carbocycles. The molecule has 1 fully saturated rings. The number of hydrogen-bond donors (Lipinski definition) is 2. The smallest absolute Gasteiger partial charge is 0.273 e. The van der Waals surface area contributed by atoms with E-state index in [1.165, 1.54) is 4.88 Å². The van der Waals surface area contributed by atoms with Crippen molar-refractivity contribution in [3.05, 3.63) is 70.9 Å². The molecular formula is C24H26N4O3S. The van der Waals surface area contributed by atoms with Gasteiger partial charge in [-0.25, -0.2) is 0 Å². The topological polar surface area (TPSA) is 77.8 Å². The van der Waals surface area contributed by atoms with Gasteiger partial charge in [-0.15, -0.1) is 11.3 Å². The van der Waals surface area contributed by atoms with Crippen LogP contribution in [0, 0.1) is 6.92 Å². The van der Waals surface area contributed by atoms with Gasteiger partial charge in [-0.1, -0.05) is 12.1 Å². The van der Waals surface area contributed by atoms with Gasteiger partial charge in [0.2, 0.25) is 0 Å². The number of aryl methyl sites for hydroxylation is 1. The number of likely N-dealkylation sites (tertiary alicyclic amines) is 1. The van der Waals surface area contributed by atoms with Crippen LogP contribution in [-0.4, -0.2) is 63.3 Å². The SMILES string of the molecule is Cc1ccc(-c2cccc(C(=O)N3CCC(O)(CN4CNn5cccc5C4=O)CC3)c2)s1. The Morgan fingerprint density at radius 2 is 1.97 bits per heavy atom. The van der Waals surface area contributed by atoms with Gasteiger partial charge in [0.1, 0.15) is 12.4 Å². The van der Waals surface area contributed by atoms with E-state index >= 15 is 0 Å². The van der Waals surface area contributed by atoms with Crippen molar-refractivity contribution in [2.45, 2.75) is 25.4 Å². The van der Waals surface area contributed by atoms with Crippen molar-refractivity contribution in [1.29, 1.82) is 0 Å². The zero-order valence-corrected chi connectivity index (χ0v) is 18.8. The van der Waals surface area contributed by atoms with Crippen LogP contribution in [0.15, 0.2) is 54.7 Å². The van der Waals surface area contributed by atoms with Gasteiger partial charge in [0.15, 0.2) is 0 Å². The highest BCUT2D eigenvalue weighted by Gasteiger charge is 2.38. The minimum atomic E-state index is -1.00. The molecule has 2 aliphatic heterocycles. The predicted octanol–water partition coefficient (Wildman–Crippen LogP) is 3.15. The Morgan fingerprint density at radius 1 is 1.16 bits per heavy atom. The van der Waals surface area contributed by atoms with Crippen molar-refractivity contribution in [2.75, 3.05) is 31.7 Å². The molecule has 0 aliphatic carbocycles. The summed E-state index contributed by atoms with van der Waals surface area (Å²) in [5.41, 5.74) is 4.42. The number of aliphatic hydroxyl groups is 1. The normalized spacial score (nSPS) is 17.8. The second-order valence-electron chi connectivity index (χ2n) is 8.59. The molecule has 32 heavy (non-hydrogen) atoms. The number of nitrogens with zero attached hydrogens (tertiary/aromatic N) is 3. The van der Waals surface area contributed by atoms with Crippen LogP contribution in [-0.2, 0) is 0 Å². The van der Waals surface area contributed by atoms with Crippen LogP contribution in [0.25, 0.3) is 10.4 Å². The van der Waals surface area contributed by atoms with Gasteiger partial charge >= 0.3 is 0 Å². The molecule has 0 bridgehead atoms. The second-order valence-corrected chi connectivity index (χ2v) is 9.88. The van der Waals surface area contributed by atoms with E-state index in [0.29, 0.717) is 43.9 Å². The summed E-state index contributed by atoms with van der Waals surface area (Å²) in [6.45, 7) is 3.59. The molecule has 0 unspecified atom stereocenters. The summed E-state index contributed by atoms with van der Waals surface area (Å²) >= 11 is 1.71. The lowest BCUT2D eigenvalue weighted by atomic mass is 9.90. The molecule has 2 N–H and O–H groups in total. The number of carbonyl (C=O) groups excluding carboxylic acids is 2. The van der Waals surface area contributed by atoms with Crippen molar-refractivity contribution < 1.29 is 14.7 Å². The highest BCUT2D eigenvalue weighted by atomic mass is 32.1. The summed E-state index contributed by atoms with van der Waals surface area (Å²) in [5, 5.41) is 11.1. The Morgan fingerprint density at radius 3 is 2.72 bits per heavy atom. The Hall–Kier alpha value is -3.10. The summed E-state index contributed by atoms with van der Waals surface area (Å²) in [4.78, 5) is 31.6. The van der Waals surface area contributed by atoms with Crippen molar-refractivity contribution in [3.63, 3.8) is 0 Å². The van der Waals surface area contributed by atoms with Gasteiger partial charge in [-0.2, -0.15) is 0 Å². The van der Waals surface area contributed by atoms with Crippen LogP contribution in [0.5, 0.6) is 0 Å². The molecule has 4 heterocycles. The Balaban J connectivity index is 1.23. The Kier molecular flexibility index (Phi) is 5.27. The van der Waals surface area contributed by atoms with Crippen molar-refractivity contribution in [3.8, 4) is 10.4 Å². The van der Waals surface area contributed by atoms with E-state index in [1.807, 2.05) is 30.3 Å². The average molecular weight is 451 g/mol. The second kappa shape index (κ2) is 8.11. The van der Waals surface area contributed by atoms with Crippen LogP contribution >= 0.6 is 11.3 Å². The number of benzene rings is 1. The number of amides is 2. The van der Waals surface area contributed by atoms with Gasteiger partial charge < -0.3 is 20.3 Å². The third-order valence-corrected chi connectivity index (χ3v) is 7.34. The molecule has 2 aromatic heterocycles. The summed E-state index contributed by atoms with van der Waals surface area (Å²) in [6.07, 6.45) is 2.68. The van der Waals surface area contributed by atoms with E-state index in [9.17, 15) is 14.7 Å². The Labute approximate surface area is 190 Å². The lowest BCUT2D eigenvalue weighted by Gasteiger charge is -2.42. The van der Waals surface area contributed by atoms with E-state index in [2.05, 4.69) is 24.5 Å². The van der Waals surface area contributed by atoms with Crippen LogP contribution in [0.4, 0.5) is 0 Å². The maximum atomic E-state index is 13.1. The van der Waals surface area contributed by atoms with Gasteiger partial charge in [-0.3, -0.25) is 14.3 Å². The molecule has 7 nitrogen and oxygen atoms in total. The first-order valence-electron chi connectivity index (χ1n) is 10.8. The fourth-order valence-electron chi connectivity index (χ4n) is 4.43. The fourth-order valence-corrected chi connectivity index (χ4v) is 5.30. The first kappa shape index (κ1) is 20.8. The number of hydrogen-bond acceptors (Lipinski definition) is 5. The van der Waals surface area contributed by atoms with Gasteiger partial charge in [0.25, 0.3) is 11.8 Å². The number of thiophene rings is 1. The average Bonchev–Trinajstić information content (AvgIpc) is 3.45. The summed E-state index contributed by atoms with van der Waals surface area (Å²) in [7, 11) is 0. The van der Waals surface area contributed by atoms with Crippen molar-refractivity contribution in [2.24, 2.45) is 0 Å². The quantitative estimate of drug-likeness (QED) is 0.640. The van der Waals surface area contributed by atoms with E-state index in [1.54, 1.807) is 38.1 Å². The van der Waals surface area contributed by atoms with Gasteiger partial charge in [0.05, 0.1) is 12.1 Å². The highest BCUT2D eigenvalue weighted by Crippen LogP contribution is 2.30. The monoisotopic (exact) mass is 450 g/mol. The number of rotatable bonds is 4. The van der Waals surface area contributed by atoms with Crippen molar-refractivity contribution >= 4 is 23.2 Å². The predicted molar refractivity (Wildman–Crippen MR) is 124 cm³/mol. The highest BCUT2D eigenvalue weighted by molar-refractivity contribution is 7.15. The summed E-state index contributed by atoms with van der Waals surface area (Å²) < 4.78 is 1.70. The number of fused-ring (bicyclic) bond motifs is 1. The third-order valence-electron chi connectivity index (χ3n) is 6.29. The zero-order valence-electron chi connectivity index (χ0n) is 18.0. The molecule has 0 saturated carbocycles. The van der Waals surface area contributed by atoms with Gasteiger partial charge in [-0.05, 0) is 61.7 Å². The summed E-state index contributed by atoms with van der Waals surface area (Å²) in [6, 6.07) is 15.5. The molecule has 3 aromatic rings. The molecule has 1 saturated heterocycles. The molecule has 0 spiro atoms. The number of carbonyl (C=O) groups is 2. The van der Waals surface area contributed by atoms with E-state index in [0.717, 1.165) is 10.4 Å². The molecule has 166 valence electrons. The van der Waals surface area contributed by atoms with Crippen molar-refractivity contribution in [1.82, 2.24) is 14.5 Å². The number of aromatic nitrogens is 1. The number of piperidine rings is 1. The lowest BCUT2D eigenvalue weighted by molar-refractivity contribution is -0.0369. The van der Waals surface area contributed by atoms with Crippen LogP contribution in [0.1, 0.15) is 38.6 Å². The molecule has 2 amide bonds. The van der Waals surface area contributed by atoms with Gasteiger partial charge in [0, 0.05) is 34.6 Å². The minimum Gasteiger partial charge on any atom is -0.388 e. The minimum absolute atomic E-state index is 0.0179. The third kappa shape index (κ3) is 3.91. The number of nitrogens with one attached hydrogen (secondary N) is 1. The van der Waals surface area contributed by atoms with E-state index < -0.39 is 5.60 Å². The maximum absolute atomic E-state index is 13.1. The van der Waals surface area contributed by atoms with Crippen LogP contribution < -0.4 is 5.43 Å². The number of β-amino-alcohol motifs (C(OH)–C–C–N with tert-alkyl or cyclic N) is 1. The first-order valence-corrected chi connectivity index (χ1v) is 11.6. The zero-order chi connectivity index (χ0) is 22.3. The standard InChI is InChI=1S/C24H26N4O3S/c1-17-7-8-21(32-17)18-4-2-5-19(14-18)22(29)26-12-9-24(31,10-13-26)15-27-16-25-28-11-3-6-20(28)23(27)30/h2-8,11,14,25,31H,9-10,12-13,15-16H2,1H3. The fraction of sp³-hybridized carbons (Fsp3) is 0.333. The molecule has 0 radical (unpaired) electrons. The lowest BCUT2D eigenvalue weighted by Crippen LogP contribution is -2.56. The van der Waals surface area contributed by atoms with E-state index in [-0.39, 0.29) is 18.4 Å². The van der Waals surface area contributed by atoms with Crippen LogP contribution in [0.2, 0.25) is 0 Å². The first-order chi connectivity index (χ1) is 15.4. The van der Waals surface area contributed by atoms with Crippen LogP contribution in [0.3, 0.4) is 0 Å². The van der Waals surface area contributed by atoms with E-state index in [4.69, 9.17) is 0 Å². The summed E-state index contributed by atoms with van der Waals surface area (Å²) in [5.74, 6) is -0.114. The Bertz CT molecular complexity index is 1160. The largest absolute Gasteiger partial charge is 0.388 e. The molecular weight excluding hydrogens is 424 g/mol. The molecule has 0 atom stereocenters. The molecule has 5 rings (SSSR count). The molecule has 2 aliphatic rings. The maximum Gasteiger partial charge on any atom is 0.273 e.